The lowest BCUT2D eigenvalue weighted by Gasteiger charge is -2.35. The molecule has 1 aliphatic heterocycles. The zero-order chi connectivity index (χ0) is 26.2. The molecule has 2 heterocycles. The summed E-state index contributed by atoms with van der Waals surface area (Å²) in [7, 11) is -3.77. The van der Waals surface area contributed by atoms with E-state index in [1.807, 2.05) is 0 Å². The molecule has 1 aromatic carbocycles. The molecular weight excluding hydrogens is 524 g/mol. The maximum atomic E-state index is 13.2. The van der Waals surface area contributed by atoms with E-state index in [2.05, 4.69) is 4.98 Å². The third-order valence-corrected chi connectivity index (χ3v) is 8.13. The van der Waals surface area contributed by atoms with Crippen molar-refractivity contribution in [1.29, 1.82) is 0 Å². The van der Waals surface area contributed by atoms with Gasteiger partial charge in [-0.1, -0.05) is 18.3 Å². The molecule has 15 heteroatoms. The number of thiazole rings is 1. The number of nitrogens with zero attached hydrogens (tertiary/aromatic N) is 3. The highest BCUT2D eigenvalue weighted by molar-refractivity contribution is 7.91. The normalized spacial score (nSPS) is 16.3. The van der Waals surface area contributed by atoms with E-state index in [-0.39, 0.29) is 47.5 Å². The number of carbonyl (C=O) groups is 1. The molecule has 0 N–H and O–H groups in total. The molecule has 7 nitrogen and oxygen atoms in total. The highest BCUT2D eigenvalue weighted by Crippen LogP contribution is 2.37. The van der Waals surface area contributed by atoms with Gasteiger partial charge in [0, 0.05) is 26.2 Å². The lowest BCUT2D eigenvalue weighted by molar-refractivity contribution is -0.189. The third-order valence-electron chi connectivity index (χ3n) is 5.30. The number of piperazine rings is 1. The van der Waals surface area contributed by atoms with Crippen molar-refractivity contribution >= 4 is 32.2 Å². The summed E-state index contributed by atoms with van der Waals surface area (Å²) in [6.07, 6.45) is -10.8. The van der Waals surface area contributed by atoms with E-state index in [0.717, 1.165) is 31.3 Å². The van der Waals surface area contributed by atoms with Gasteiger partial charge in [0.1, 0.15) is 10.6 Å². The molecule has 1 fully saturated rings. The van der Waals surface area contributed by atoms with Gasteiger partial charge in [-0.3, -0.25) is 4.79 Å². The predicted molar refractivity (Wildman–Crippen MR) is 116 cm³/mol. The molecule has 35 heavy (non-hydrogen) atoms. The topological polar surface area (TPSA) is 79.8 Å². The summed E-state index contributed by atoms with van der Waals surface area (Å²) in [6, 6.07) is 3.08. The zero-order valence-electron chi connectivity index (χ0n) is 18.5. The van der Waals surface area contributed by atoms with Gasteiger partial charge in [0.2, 0.25) is 0 Å². The lowest BCUT2D eigenvalue weighted by atomic mass is 10.1. The largest absolute Gasteiger partial charge is 0.480 e. The van der Waals surface area contributed by atoms with Crippen molar-refractivity contribution in [3.05, 3.63) is 34.8 Å². The predicted octanol–water partition coefficient (Wildman–Crippen LogP) is 4.25. The average molecular weight is 546 g/mol. The average Bonchev–Trinajstić information content (AvgIpc) is 3.29. The quantitative estimate of drug-likeness (QED) is 0.506. The summed E-state index contributed by atoms with van der Waals surface area (Å²) in [5.41, 5.74) is -0.349. The van der Waals surface area contributed by atoms with Gasteiger partial charge in [-0.05, 0) is 25.1 Å². The van der Waals surface area contributed by atoms with Gasteiger partial charge in [0.15, 0.2) is 21.1 Å². The first-order chi connectivity index (χ1) is 16.1. The summed E-state index contributed by atoms with van der Waals surface area (Å²) < 4.78 is 107. The summed E-state index contributed by atoms with van der Waals surface area (Å²) in [5, 5.41) is 0.128. The molecule has 1 amide bonds. The minimum absolute atomic E-state index is 0.0266. The monoisotopic (exact) mass is 545 g/mol. The van der Waals surface area contributed by atoms with Crippen molar-refractivity contribution in [1.82, 2.24) is 9.88 Å². The van der Waals surface area contributed by atoms with Crippen LogP contribution in [-0.4, -0.2) is 68.4 Å². The second kappa shape index (κ2) is 9.84. The fourth-order valence-corrected chi connectivity index (χ4v) is 4.95. The van der Waals surface area contributed by atoms with Crippen molar-refractivity contribution in [2.24, 2.45) is 0 Å². The van der Waals surface area contributed by atoms with Gasteiger partial charge in [0.25, 0.3) is 5.91 Å². The molecule has 1 unspecified atom stereocenters. The van der Waals surface area contributed by atoms with Crippen LogP contribution < -0.4 is 9.64 Å². The van der Waals surface area contributed by atoms with Crippen molar-refractivity contribution in [2.45, 2.75) is 37.2 Å². The summed E-state index contributed by atoms with van der Waals surface area (Å²) in [4.78, 5) is 18.7. The number of anilines is 1. The maximum absolute atomic E-state index is 13.2. The molecule has 0 radical (unpaired) electrons. The molecule has 1 atom stereocenters. The van der Waals surface area contributed by atoms with E-state index in [0.29, 0.717) is 11.3 Å². The summed E-state index contributed by atoms with van der Waals surface area (Å²) in [6.45, 7) is 2.44. The number of amides is 1. The number of rotatable bonds is 6. The standard InChI is InChI=1S/C20H21F6N3O4S2/c1-3-35(31,32)13-4-5-15(33-12(2)19(21,22)23)14(10-13)17(30)28-6-8-29(9-7-28)18-27-11-16(34-18)20(24,25)26/h4-5,10-12H,3,6-9H2,1-2H3. The molecule has 1 aliphatic rings. The molecule has 0 spiro atoms. The van der Waals surface area contributed by atoms with E-state index in [9.17, 15) is 39.6 Å². The number of hydrogen-bond acceptors (Lipinski definition) is 7. The molecule has 0 aliphatic carbocycles. The van der Waals surface area contributed by atoms with Crippen molar-refractivity contribution < 1.29 is 44.3 Å². The number of hydrogen-bond donors (Lipinski definition) is 0. The fraction of sp³-hybridized carbons (Fsp3) is 0.500. The molecule has 1 aromatic heterocycles. The first kappa shape index (κ1) is 27.0. The van der Waals surface area contributed by atoms with Crippen LogP contribution in [0.15, 0.2) is 29.3 Å². The molecule has 194 valence electrons. The van der Waals surface area contributed by atoms with Gasteiger partial charge in [-0.2, -0.15) is 26.3 Å². The Morgan fingerprint density at radius 3 is 2.29 bits per heavy atom. The van der Waals surface area contributed by atoms with Crippen LogP contribution in [0, 0.1) is 0 Å². The van der Waals surface area contributed by atoms with Crippen LogP contribution in [-0.2, 0) is 16.0 Å². The SMILES string of the molecule is CCS(=O)(=O)c1ccc(OC(C)C(F)(F)F)c(C(=O)N2CCN(c3ncc(C(F)(F)F)s3)CC2)c1. The van der Waals surface area contributed by atoms with Gasteiger partial charge >= 0.3 is 12.4 Å². The molecule has 0 bridgehead atoms. The van der Waals surface area contributed by atoms with Crippen molar-refractivity contribution in [3.8, 4) is 5.75 Å². The Kier molecular flexibility index (Phi) is 7.60. The summed E-state index contributed by atoms with van der Waals surface area (Å²) >= 11 is 0.464. The van der Waals surface area contributed by atoms with Gasteiger partial charge in [-0.15, -0.1) is 0 Å². The first-order valence-electron chi connectivity index (χ1n) is 10.3. The van der Waals surface area contributed by atoms with Crippen LogP contribution in [0.25, 0.3) is 0 Å². The Balaban J connectivity index is 1.83. The van der Waals surface area contributed by atoms with Crippen LogP contribution in [0.1, 0.15) is 29.1 Å². The molecular formula is C20H21F6N3O4S2. The van der Waals surface area contributed by atoms with E-state index >= 15 is 0 Å². The van der Waals surface area contributed by atoms with Gasteiger partial charge < -0.3 is 14.5 Å². The Morgan fingerprint density at radius 2 is 1.77 bits per heavy atom. The minimum Gasteiger partial charge on any atom is -0.480 e. The van der Waals surface area contributed by atoms with Crippen LogP contribution in [0.2, 0.25) is 0 Å². The highest BCUT2D eigenvalue weighted by Gasteiger charge is 2.39. The van der Waals surface area contributed by atoms with E-state index in [4.69, 9.17) is 4.74 Å². The second-order valence-electron chi connectivity index (χ2n) is 7.65. The van der Waals surface area contributed by atoms with Crippen LogP contribution in [0.3, 0.4) is 0 Å². The number of ether oxygens (including phenoxy) is 1. The van der Waals surface area contributed by atoms with Gasteiger partial charge in [0.05, 0.1) is 22.4 Å². The second-order valence-corrected chi connectivity index (χ2v) is 10.9. The molecule has 0 saturated carbocycles. The number of halogens is 6. The fourth-order valence-electron chi connectivity index (χ4n) is 3.21. The lowest BCUT2D eigenvalue weighted by Crippen LogP contribution is -2.49. The third kappa shape index (κ3) is 6.18. The van der Waals surface area contributed by atoms with Gasteiger partial charge in [-0.25, -0.2) is 13.4 Å². The minimum atomic E-state index is -4.72. The number of benzene rings is 1. The molecule has 3 rings (SSSR count). The number of alkyl halides is 6. The number of carbonyl (C=O) groups excluding carboxylic acids is 1. The van der Waals surface area contributed by atoms with Crippen LogP contribution >= 0.6 is 11.3 Å². The van der Waals surface area contributed by atoms with E-state index < -0.39 is 44.8 Å². The van der Waals surface area contributed by atoms with E-state index in [1.165, 1.54) is 11.8 Å². The smallest absolute Gasteiger partial charge is 0.427 e. The van der Waals surface area contributed by atoms with E-state index in [1.54, 1.807) is 4.90 Å². The molecule has 1 saturated heterocycles. The highest BCUT2D eigenvalue weighted by atomic mass is 32.2. The summed E-state index contributed by atoms with van der Waals surface area (Å²) in [5.74, 6) is -1.46. The number of sulfone groups is 1. The first-order valence-corrected chi connectivity index (χ1v) is 12.8. The van der Waals surface area contributed by atoms with Crippen LogP contribution in [0.4, 0.5) is 31.5 Å². The zero-order valence-corrected chi connectivity index (χ0v) is 20.1. The molecule has 2 aromatic rings. The maximum Gasteiger partial charge on any atom is 0.427 e. The van der Waals surface area contributed by atoms with Crippen molar-refractivity contribution in [2.75, 3.05) is 36.8 Å². The Morgan fingerprint density at radius 1 is 1.14 bits per heavy atom. The number of aromatic nitrogens is 1. The Hall–Kier alpha value is -2.55. The van der Waals surface area contributed by atoms with Crippen LogP contribution in [0.5, 0.6) is 5.75 Å². The Bertz CT molecular complexity index is 1170. The Labute approximate surface area is 201 Å². The van der Waals surface area contributed by atoms with Crippen molar-refractivity contribution in [3.63, 3.8) is 0 Å².